The number of hydrogen-bond donors (Lipinski definition) is 1. The van der Waals surface area contributed by atoms with E-state index in [1.165, 1.54) is 16.7 Å². The van der Waals surface area contributed by atoms with Gasteiger partial charge in [-0.1, -0.05) is 64.9 Å². The fourth-order valence-corrected chi connectivity index (χ4v) is 4.46. The second-order valence-electron chi connectivity index (χ2n) is 6.45. The van der Waals surface area contributed by atoms with Gasteiger partial charge >= 0.3 is 0 Å². The van der Waals surface area contributed by atoms with E-state index in [1.54, 1.807) is 12.1 Å². The molecule has 7 heteroatoms. The minimum Gasteiger partial charge on any atom is -0.351 e. The van der Waals surface area contributed by atoms with Crippen molar-refractivity contribution in [2.24, 2.45) is 0 Å². The average Bonchev–Trinajstić information content (AvgIpc) is 3.06. The highest BCUT2D eigenvalue weighted by Crippen LogP contribution is 2.41. The number of hydrogen-bond acceptors (Lipinski definition) is 4. The number of benzene rings is 2. The second kappa shape index (κ2) is 9.77. The summed E-state index contributed by atoms with van der Waals surface area (Å²) in [6.07, 6.45) is 1.29. The maximum absolute atomic E-state index is 12.9. The second-order valence-corrected chi connectivity index (χ2v) is 8.56. The number of nitrogens with one attached hydrogen (secondary N) is 1. The van der Waals surface area contributed by atoms with Crippen molar-refractivity contribution in [2.45, 2.75) is 25.0 Å². The number of amides is 2. The molecule has 29 heavy (non-hydrogen) atoms. The molecule has 1 fully saturated rings. The lowest BCUT2D eigenvalue weighted by atomic mass is 10.1. The Morgan fingerprint density at radius 3 is 2.52 bits per heavy atom. The Balaban J connectivity index is 1.84. The summed E-state index contributed by atoms with van der Waals surface area (Å²) in [5, 5.41) is 12.6. The van der Waals surface area contributed by atoms with Crippen LogP contribution in [0.5, 0.6) is 0 Å². The van der Waals surface area contributed by atoms with E-state index in [0.717, 1.165) is 10.0 Å². The molecule has 0 aromatic heterocycles. The molecule has 1 N–H and O–H groups in total. The van der Waals surface area contributed by atoms with Crippen molar-refractivity contribution in [3.05, 3.63) is 75.2 Å². The Morgan fingerprint density at radius 2 is 1.90 bits per heavy atom. The molecule has 1 unspecified atom stereocenters. The van der Waals surface area contributed by atoms with Crippen molar-refractivity contribution in [3.8, 4) is 6.07 Å². The van der Waals surface area contributed by atoms with Gasteiger partial charge in [0.05, 0.1) is 5.25 Å². The van der Waals surface area contributed by atoms with Gasteiger partial charge in [-0.3, -0.25) is 14.5 Å². The quantitative estimate of drug-likeness (QED) is 0.502. The van der Waals surface area contributed by atoms with Crippen molar-refractivity contribution in [2.75, 3.05) is 11.4 Å². The predicted octanol–water partition coefficient (Wildman–Crippen LogP) is 4.40. The van der Waals surface area contributed by atoms with Crippen LogP contribution in [0.3, 0.4) is 0 Å². The maximum Gasteiger partial charge on any atom is 0.264 e. The Labute approximate surface area is 182 Å². The maximum atomic E-state index is 12.9. The lowest BCUT2D eigenvalue weighted by molar-refractivity contribution is -0.117. The summed E-state index contributed by atoms with van der Waals surface area (Å²) in [6, 6.07) is 19.1. The Bertz CT molecular complexity index is 968. The zero-order valence-corrected chi connectivity index (χ0v) is 18.3. The van der Waals surface area contributed by atoms with Crippen LogP contribution in [-0.4, -0.2) is 23.6 Å². The van der Waals surface area contributed by atoms with Crippen molar-refractivity contribution >= 4 is 45.2 Å². The summed E-state index contributed by atoms with van der Waals surface area (Å²) in [7, 11) is 0. The van der Waals surface area contributed by atoms with E-state index in [2.05, 4.69) is 21.2 Å². The topological polar surface area (TPSA) is 73.2 Å². The van der Waals surface area contributed by atoms with Crippen LogP contribution in [0.25, 0.3) is 0 Å². The highest BCUT2D eigenvalue weighted by molar-refractivity contribution is 9.10. The van der Waals surface area contributed by atoms with Crippen molar-refractivity contribution < 1.29 is 9.59 Å². The monoisotopic (exact) mass is 469 g/mol. The molecule has 0 aliphatic carbocycles. The highest BCUT2D eigenvalue weighted by Gasteiger charge is 2.39. The summed E-state index contributed by atoms with van der Waals surface area (Å²) in [6.45, 7) is 2.33. The van der Waals surface area contributed by atoms with E-state index in [4.69, 9.17) is 0 Å². The van der Waals surface area contributed by atoms with Crippen molar-refractivity contribution in [3.63, 3.8) is 0 Å². The van der Waals surface area contributed by atoms with Crippen molar-refractivity contribution in [1.29, 1.82) is 5.26 Å². The number of carbonyl (C=O) groups excluding carboxylic acids is 2. The third-order valence-corrected chi connectivity index (χ3v) is 6.46. The van der Waals surface area contributed by atoms with Gasteiger partial charge in [0.15, 0.2) is 0 Å². The molecule has 2 aromatic carbocycles. The molecule has 0 bridgehead atoms. The number of anilines is 1. The molecule has 148 valence electrons. The Morgan fingerprint density at radius 1 is 1.21 bits per heavy atom. The smallest absolute Gasteiger partial charge is 0.264 e. The van der Waals surface area contributed by atoms with Crippen LogP contribution in [0.2, 0.25) is 0 Å². The molecular formula is C22H20BrN3O2S. The molecule has 1 saturated heterocycles. The van der Waals surface area contributed by atoms with Gasteiger partial charge in [-0.05, 0) is 42.7 Å². The minimum atomic E-state index is -0.461. The van der Waals surface area contributed by atoms with Gasteiger partial charge in [-0.25, -0.2) is 0 Å². The SMILES string of the molecule is CCC1SC(=C(C#N)C(=O)NCCc2ccccc2)N(c2ccc(Br)cc2)C1=O. The summed E-state index contributed by atoms with van der Waals surface area (Å²) in [4.78, 5) is 27.1. The summed E-state index contributed by atoms with van der Waals surface area (Å²) >= 11 is 4.66. The van der Waals surface area contributed by atoms with Crippen LogP contribution in [-0.2, 0) is 16.0 Å². The third kappa shape index (κ3) is 4.89. The fourth-order valence-electron chi connectivity index (χ4n) is 2.99. The zero-order valence-electron chi connectivity index (χ0n) is 15.9. The average molecular weight is 470 g/mol. The number of carbonyl (C=O) groups is 2. The first-order valence-electron chi connectivity index (χ1n) is 9.27. The molecule has 2 amide bonds. The van der Waals surface area contributed by atoms with Gasteiger partial charge < -0.3 is 5.32 Å². The van der Waals surface area contributed by atoms with Crippen LogP contribution >= 0.6 is 27.7 Å². The van der Waals surface area contributed by atoms with E-state index >= 15 is 0 Å². The number of thioether (sulfide) groups is 1. The lowest BCUT2D eigenvalue weighted by Crippen LogP contribution is -2.32. The molecule has 5 nitrogen and oxygen atoms in total. The summed E-state index contributed by atoms with van der Waals surface area (Å²) in [5.74, 6) is -0.572. The van der Waals surface area contributed by atoms with E-state index in [9.17, 15) is 14.9 Å². The van der Waals surface area contributed by atoms with Gasteiger partial charge in [-0.15, -0.1) is 0 Å². The number of halogens is 1. The molecule has 2 aromatic rings. The minimum absolute atomic E-state index is 0.0321. The van der Waals surface area contributed by atoms with Gasteiger partial charge in [0.25, 0.3) is 5.91 Å². The fraction of sp³-hybridized carbons (Fsp3) is 0.227. The molecule has 0 radical (unpaired) electrons. The standard InChI is InChI=1S/C22H20BrN3O2S/c1-2-19-21(28)26(17-10-8-16(23)9-11-17)22(29-19)18(14-24)20(27)25-13-12-15-6-4-3-5-7-15/h3-11,19H,2,12-13H2,1H3,(H,25,27). The number of rotatable bonds is 6. The van der Waals surface area contributed by atoms with Gasteiger partial charge in [0.2, 0.25) is 5.91 Å². The first kappa shape index (κ1) is 21.2. The first-order chi connectivity index (χ1) is 14.0. The van der Waals surface area contributed by atoms with E-state index < -0.39 is 5.91 Å². The molecule has 0 saturated carbocycles. The van der Waals surface area contributed by atoms with Gasteiger partial charge in [-0.2, -0.15) is 5.26 Å². The van der Waals surface area contributed by atoms with Crippen LogP contribution in [0.15, 0.2) is 69.7 Å². The van der Waals surface area contributed by atoms with E-state index in [1.807, 2.05) is 55.5 Å². The first-order valence-corrected chi connectivity index (χ1v) is 10.9. The predicted molar refractivity (Wildman–Crippen MR) is 119 cm³/mol. The molecule has 0 spiro atoms. The normalized spacial score (nSPS) is 17.8. The molecule has 1 aliphatic heterocycles. The van der Waals surface area contributed by atoms with Gasteiger partial charge in [0, 0.05) is 16.7 Å². The molecular weight excluding hydrogens is 450 g/mol. The Kier molecular flexibility index (Phi) is 7.13. The zero-order chi connectivity index (χ0) is 20.8. The van der Waals surface area contributed by atoms with Crippen LogP contribution in [0.4, 0.5) is 5.69 Å². The van der Waals surface area contributed by atoms with E-state index in [0.29, 0.717) is 30.1 Å². The summed E-state index contributed by atoms with van der Waals surface area (Å²) in [5.41, 5.74) is 1.71. The largest absolute Gasteiger partial charge is 0.351 e. The van der Waals surface area contributed by atoms with Crippen LogP contribution in [0.1, 0.15) is 18.9 Å². The molecule has 3 rings (SSSR count). The molecule has 1 atom stereocenters. The number of nitrogens with zero attached hydrogens (tertiary/aromatic N) is 2. The van der Waals surface area contributed by atoms with Crippen LogP contribution < -0.4 is 10.2 Å². The third-order valence-electron chi connectivity index (χ3n) is 4.50. The van der Waals surface area contributed by atoms with Crippen molar-refractivity contribution in [1.82, 2.24) is 5.32 Å². The highest BCUT2D eigenvalue weighted by atomic mass is 79.9. The number of nitriles is 1. The lowest BCUT2D eigenvalue weighted by Gasteiger charge is -2.18. The Hall–Kier alpha value is -2.56. The summed E-state index contributed by atoms with van der Waals surface area (Å²) < 4.78 is 0.886. The van der Waals surface area contributed by atoms with Gasteiger partial charge in [0.1, 0.15) is 16.7 Å². The molecule has 1 heterocycles. The molecule has 1 aliphatic rings. The van der Waals surface area contributed by atoms with Crippen LogP contribution in [0, 0.1) is 11.3 Å². The van der Waals surface area contributed by atoms with E-state index in [-0.39, 0.29) is 16.7 Å².